The normalized spacial score (nSPS) is 14.6. The number of benzene rings is 4. The highest BCUT2D eigenvalue weighted by Gasteiger charge is 2.36. The maximum atomic E-state index is 12.8. The Labute approximate surface area is 276 Å². The molecule has 1 atom stereocenters. The molecule has 0 unspecified atom stereocenters. The summed E-state index contributed by atoms with van der Waals surface area (Å²) in [6.07, 6.45) is -0.0247. The van der Waals surface area contributed by atoms with Crippen molar-refractivity contribution in [3.8, 4) is 17.2 Å². The molecule has 236 valence electrons. The summed E-state index contributed by atoms with van der Waals surface area (Å²) in [6, 6.07) is 25.2. The molecule has 1 amide bonds. The van der Waals surface area contributed by atoms with Crippen LogP contribution >= 0.6 is 23.2 Å². The molecular formula is C36H31Cl2NO7. The fourth-order valence-electron chi connectivity index (χ4n) is 4.83. The summed E-state index contributed by atoms with van der Waals surface area (Å²) in [7, 11) is 0. The van der Waals surface area contributed by atoms with E-state index >= 15 is 0 Å². The first-order chi connectivity index (χ1) is 21.9. The van der Waals surface area contributed by atoms with Crippen molar-refractivity contribution >= 4 is 52.5 Å². The first-order valence-electron chi connectivity index (χ1n) is 14.5. The predicted molar refractivity (Wildman–Crippen MR) is 175 cm³/mol. The molecule has 1 aliphatic rings. The lowest BCUT2D eigenvalue weighted by atomic mass is 9.87. The van der Waals surface area contributed by atoms with Gasteiger partial charge in [0, 0.05) is 29.2 Å². The molecule has 1 fully saturated rings. The highest BCUT2D eigenvalue weighted by molar-refractivity contribution is 6.36. The highest BCUT2D eigenvalue weighted by Crippen LogP contribution is 2.31. The van der Waals surface area contributed by atoms with E-state index in [2.05, 4.69) is 20.8 Å². The van der Waals surface area contributed by atoms with Crippen molar-refractivity contribution < 1.29 is 33.4 Å². The van der Waals surface area contributed by atoms with Gasteiger partial charge >= 0.3 is 11.9 Å². The van der Waals surface area contributed by atoms with Crippen LogP contribution in [0.1, 0.15) is 53.5 Å². The van der Waals surface area contributed by atoms with Crippen LogP contribution in [0.15, 0.2) is 91.0 Å². The van der Waals surface area contributed by atoms with Crippen molar-refractivity contribution in [3.63, 3.8) is 0 Å². The first kappa shape index (κ1) is 32.7. The molecular weight excluding hydrogens is 629 g/mol. The van der Waals surface area contributed by atoms with Gasteiger partial charge in [-0.15, -0.1) is 0 Å². The van der Waals surface area contributed by atoms with Gasteiger partial charge in [-0.05, 0) is 89.8 Å². The second-order valence-electron chi connectivity index (χ2n) is 11.8. The van der Waals surface area contributed by atoms with E-state index in [-0.39, 0.29) is 46.2 Å². The predicted octanol–water partition coefficient (Wildman–Crippen LogP) is 8.08. The van der Waals surface area contributed by atoms with Crippen LogP contribution in [0.2, 0.25) is 10.0 Å². The maximum Gasteiger partial charge on any atom is 0.345 e. The number of anilines is 1. The number of Topliss-reactive ketones (excluding diaryl/α,β-unsaturated/α-hetero) is 1. The molecule has 1 aliphatic heterocycles. The smallest absolute Gasteiger partial charge is 0.345 e. The minimum Gasteiger partial charge on any atom is -0.457 e. The Bertz CT molecular complexity index is 1760. The molecule has 0 radical (unpaired) electrons. The van der Waals surface area contributed by atoms with Gasteiger partial charge in [0.05, 0.1) is 16.5 Å². The van der Waals surface area contributed by atoms with Crippen molar-refractivity contribution in [1.82, 2.24) is 0 Å². The molecule has 0 aromatic heterocycles. The zero-order chi connectivity index (χ0) is 33.0. The topological polar surface area (TPSA) is 99.2 Å². The fraction of sp³-hybridized carbons (Fsp3) is 0.222. The average Bonchev–Trinajstić information content (AvgIpc) is 3.41. The lowest BCUT2D eigenvalue weighted by Crippen LogP contribution is -2.27. The van der Waals surface area contributed by atoms with E-state index in [1.54, 1.807) is 24.3 Å². The molecule has 4 aromatic rings. The number of esters is 2. The van der Waals surface area contributed by atoms with Gasteiger partial charge in [0.15, 0.2) is 12.4 Å². The zero-order valence-corrected chi connectivity index (χ0v) is 26.9. The molecule has 4 aromatic carbocycles. The molecule has 8 nitrogen and oxygen atoms in total. The minimum atomic E-state index is -0.709. The van der Waals surface area contributed by atoms with E-state index in [9.17, 15) is 19.2 Å². The summed E-state index contributed by atoms with van der Waals surface area (Å²) < 4.78 is 16.5. The Morgan fingerprint density at radius 1 is 0.826 bits per heavy atom. The van der Waals surface area contributed by atoms with Crippen molar-refractivity contribution in [1.29, 1.82) is 0 Å². The Kier molecular flexibility index (Phi) is 9.79. The van der Waals surface area contributed by atoms with Gasteiger partial charge in [0.2, 0.25) is 5.91 Å². The van der Waals surface area contributed by atoms with Crippen LogP contribution < -0.4 is 14.4 Å². The lowest BCUT2D eigenvalue weighted by molar-refractivity contribution is -0.147. The molecule has 0 saturated carbocycles. The number of halogens is 2. The van der Waals surface area contributed by atoms with Crippen LogP contribution in [0.4, 0.5) is 5.69 Å². The average molecular weight is 661 g/mol. The third kappa shape index (κ3) is 7.94. The molecule has 5 rings (SSSR count). The molecule has 0 N–H and O–H groups in total. The van der Waals surface area contributed by atoms with Gasteiger partial charge in [-0.25, -0.2) is 4.79 Å². The molecule has 1 heterocycles. The fourth-order valence-corrected chi connectivity index (χ4v) is 5.32. The number of ether oxygens (including phenoxy) is 3. The van der Waals surface area contributed by atoms with E-state index in [4.69, 9.17) is 37.4 Å². The number of amides is 1. The standard InChI is InChI=1S/C36H31Cl2NO7/c1-36(2,3)24-6-13-27(14-7-24)45-28-15-9-26(10-16-28)39-20-23(18-33(39)41)34(42)44-21-32(40)22-4-11-29(12-5-22)46-35(43)30-17-8-25(37)19-31(30)38/h4-17,19,23H,18,20-21H2,1-3H3/t23-/m1/s1. The van der Waals surface area contributed by atoms with E-state index in [1.165, 1.54) is 52.9 Å². The molecule has 0 aliphatic carbocycles. The van der Waals surface area contributed by atoms with E-state index in [0.717, 1.165) is 0 Å². The number of nitrogens with zero attached hydrogens (tertiary/aromatic N) is 1. The number of carbonyl (C=O) groups is 4. The summed E-state index contributed by atoms with van der Waals surface area (Å²) in [5.74, 6) is -1.17. The maximum absolute atomic E-state index is 12.8. The molecule has 1 saturated heterocycles. The number of hydrogen-bond donors (Lipinski definition) is 0. The molecule has 0 bridgehead atoms. The Morgan fingerprint density at radius 2 is 1.43 bits per heavy atom. The van der Waals surface area contributed by atoms with E-state index in [1.807, 2.05) is 24.3 Å². The summed E-state index contributed by atoms with van der Waals surface area (Å²) in [5, 5.41) is 0.538. The summed E-state index contributed by atoms with van der Waals surface area (Å²) in [4.78, 5) is 52.1. The van der Waals surface area contributed by atoms with Crippen LogP contribution in [0.5, 0.6) is 17.2 Å². The van der Waals surface area contributed by atoms with Crippen LogP contribution in [-0.2, 0) is 19.7 Å². The van der Waals surface area contributed by atoms with Crippen LogP contribution in [-0.4, -0.2) is 36.8 Å². The number of carbonyl (C=O) groups excluding carboxylic acids is 4. The highest BCUT2D eigenvalue weighted by atomic mass is 35.5. The van der Waals surface area contributed by atoms with Crippen LogP contribution in [0.25, 0.3) is 0 Å². The number of hydrogen-bond acceptors (Lipinski definition) is 7. The molecule has 46 heavy (non-hydrogen) atoms. The van der Waals surface area contributed by atoms with Crippen molar-refractivity contribution in [2.24, 2.45) is 5.92 Å². The zero-order valence-electron chi connectivity index (χ0n) is 25.4. The van der Waals surface area contributed by atoms with Gasteiger partial charge in [0.25, 0.3) is 0 Å². The van der Waals surface area contributed by atoms with Gasteiger partial charge in [0.1, 0.15) is 17.2 Å². The van der Waals surface area contributed by atoms with Crippen LogP contribution in [0.3, 0.4) is 0 Å². The van der Waals surface area contributed by atoms with Gasteiger partial charge in [-0.1, -0.05) is 56.1 Å². The first-order valence-corrected chi connectivity index (χ1v) is 15.3. The monoisotopic (exact) mass is 659 g/mol. The summed E-state index contributed by atoms with van der Waals surface area (Å²) in [5.41, 5.74) is 2.28. The minimum absolute atomic E-state index is 0.0247. The second-order valence-corrected chi connectivity index (χ2v) is 12.7. The number of ketones is 1. The Hall–Kier alpha value is -4.66. The quantitative estimate of drug-likeness (QED) is 0.102. The van der Waals surface area contributed by atoms with Crippen LogP contribution in [0, 0.1) is 5.92 Å². The SMILES string of the molecule is CC(C)(C)c1ccc(Oc2ccc(N3C[C@H](C(=O)OCC(=O)c4ccc(OC(=O)c5ccc(Cl)cc5Cl)cc4)CC3=O)cc2)cc1. The lowest BCUT2D eigenvalue weighted by Gasteiger charge is -2.19. The molecule has 10 heteroatoms. The second kappa shape index (κ2) is 13.8. The van der Waals surface area contributed by atoms with E-state index in [0.29, 0.717) is 22.2 Å². The summed E-state index contributed by atoms with van der Waals surface area (Å²) in [6.45, 7) is 6.09. The largest absolute Gasteiger partial charge is 0.457 e. The molecule has 0 spiro atoms. The number of rotatable bonds is 9. The van der Waals surface area contributed by atoms with Crippen molar-refractivity contribution in [3.05, 3.63) is 118 Å². The van der Waals surface area contributed by atoms with Gasteiger partial charge < -0.3 is 19.1 Å². The van der Waals surface area contributed by atoms with E-state index < -0.39 is 30.2 Å². The van der Waals surface area contributed by atoms with Crippen molar-refractivity contribution in [2.75, 3.05) is 18.1 Å². The Balaban J connectivity index is 1.10. The third-order valence-electron chi connectivity index (χ3n) is 7.45. The van der Waals surface area contributed by atoms with Gasteiger partial charge in [-0.2, -0.15) is 0 Å². The summed E-state index contributed by atoms with van der Waals surface area (Å²) >= 11 is 11.9. The third-order valence-corrected chi connectivity index (χ3v) is 7.99. The Morgan fingerprint density at radius 3 is 2.04 bits per heavy atom. The van der Waals surface area contributed by atoms with Crippen molar-refractivity contribution in [2.45, 2.75) is 32.6 Å². The van der Waals surface area contributed by atoms with Gasteiger partial charge in [-0.3, -0.25) is 14.4 Å².